The van der Waals surface area contributed by atoms with Crippen LogP contribution in [-0.2, 0) is 10.2 Å². The first-order valence-corrected chi connectivity index (χ1v) is 11.9. The number of halogens is 1. The van der Waals surface area contributed by atoms with E-state index in [1.807, 2.05) is 51.3 Å². The van der Waals surface area contributed by atoms with Gasteiger partial charge in [-0.15, -0.1) is 5.10 Å². The van der Waals surface area contributed by atoms with Crippen LogP contribution in [0.15, 0.2) is 34.9 Å². The predicted octanol–water partition coefficient (Wildman–Crippen LogP) is 4.53. The molecule has 0 saturated carbocycles. The molecule has 1 saturated heterocycles. The van der Waals surface area contributed by atoms with Crippen molar-refractivity contribution in [1.82, 2.24) is 19.6 Å². The van der Waals surface area contributed by atoms with Crippen LogP contribution in [0.25, 0.3) is 16.8 Å². The molecular formula is C26H29FN6O3. The lowest BCUT2D eigenvalue weighted by atomic mass is 9.97. The lowest BCUT2D eigenvalue weighted by Crippen LogP contribution is -2.37. The van der Waals surface area contributed by atoms with Gasteiger partial charge in [0.05, 0.1) is 25.1 Å². The van der Waals surface area contributed by atoms with Gasteiger partial charge in [0.15, 0.2) is 5.65 Å². The highest BCUT2D eigenvalue weighted by molar-refractivity contribution is 6.02. The van der Waals surface area contributed by atoms with Crippen LogP contribution in [0.3, 0.4) is 0 Å². The Hall–Kier alpha value is -3.79. The maximum absolute atomic E-state index is 14.9. The lowest BCUT2D eigenvalue weighted by molar-refractivity contribution is 0.0992. The zero-order valence-electron chi connectivity index (χ0n) is 21.1. The van der Waals surface area contributed by atoms with Gasteiger partial charge in [-0.3, -0.25) is 4.79 Å². The predicted molar refractivity (Wildman–Crippen MR) is 134 cm³/mol. The number of aromatic nitrogens is 4. The summed E-state index contributed by atoms with van der Waals surface area (Å²) in [5.74, 6) is 0.906. The Labute approximate surface area is 208 Å². The van der Waals surface area contributed by atoms with Crippen LogP contribution in [-0.4, -0.2) is 51.8 Å². The molecule has 1 aromatic carbocycles. The SMILES string of the molecule is Cc1nc2cc(-c3cc(NC(=O)c4cnc(C(C)(C)C)o4)c(F)cc3C)cc(N3CCOCC3)n2n1. The fourth-order valence-electron chi connectivity index (χ4n) is 4.24. The number of hydrogen-bond donors (Lipinski definition) is 1. The number of nitrogens with zero attached hydrogens (tertiary/aromatic N) is 5. The van der Waals surface area contributed by atoms with E-state index in [9.17, 15) is 9.18 Å². The molecule has 0 unspecified atom stereocenters. The number of carbonyl (C=O) groups is 1. The Morgan fingerprint density at radius 2 is 1.86 bits per heavy atom. The molecule has 0 bridgehead atoms. The molecule has 9 nitrogen and oxygen atoms in total. The van der Waals surface area contributed by atoms with Gasteiger partial charge in [-0.25, -0.2) is 14.4 Å². The monoisotopic (exact) mass is 492 g/mol. The minimum absolute atomic E-state index is 0.0245. The van der Waals surface area contributed by atoms with Gasteiger partial charge >= 0.3 is 0 Å². The fourth-order valence-corrected chi connectivity index (χ4v) is 4.24. The third-order valence-corrected chi connectivity index (χ3v) is 6.10. The van der Waals surface area contributed by atoms with Gasteiger partial charge in [0.25, 0.3) is 5.91 Å². The van der Waals surface area contributed by atoms with E-state index >= 15 is 0 Å². The van der Waals surface area contributed by atoms with Crippen molar-refractivity contribution in [1.29, 1.82) is 0 Å². The molecule has 3 aromatic heterocycles. The van der Waals surface area contributed by atoms with Gasteiger partial charge in [-0.1, -0.05) is 20.8 Å². The van der Waals surface area contributed by atoms with Gasteiger partial charge in [0, 0.05) is 18.5 Å². The molecule has 1 amide bonds. The highest BCUT2D eigenvalue weighted by Gasteiger charge is 2.24. The third kappa shape index (κ3) is 4.56. The number of anilines is 2. The molecule has 0 atom stereocenters. The van der Waals surface area contributed by atoms with E-state index < -0.39 is 11.7 Å². The second-order valence-corrected chi connectivity index (χ2v) is 10.0. The summed E-state index contributed by atoms with van der Waals surface area (Å²) in [6.07, 6.45) is 1.36. The maximum atomic E-state index is 14.9. The summed E-state index contributed by atoms with van der Waals surface area (Å²) >= 11 is 0. The van der Waals surface area contributed by atoms with Crippen molar-refractivity contribution in [2.45, 2.75) is 40.0 Å². The molecule has 4 heterocycles. The second-order valence-electron chi connectivity index (χ2n) is 10.0. The zero-order chi connectivity index (χ0) is 25.6. The maximum Gasteiger partial charge on any atom is 0.293 e. The second kappa shape index (κ2) is 9.02. The number of nitrogens with one attached hydrogen (secondary N) is 1. The number of oxazole rings is 1. The van der Waals surface area contributed by atoms with Crippen LogP contribution in [0.4, 0.5) is 15.9 Å². The number of ether oxygens (including phenoxy) is 1. The van der Waals surface area contributed by atoms with E-state index in [1.54, 1.807) is 6.07 Å². The molecule has 5 rings (SSSR count). The van der Waals surface area contributed by atoms with Gasteiger partial charge in [0.2, 0.25) is 11.7 Å². The molecule has 4 aromatic rings. The smallest absolute Gasteiger partial charge is 0.293 e. The number of amides is 1. The molecule has 1 N–H and O–H groups in total. The number of fused-ring (bicyclic) bond motifs is 1. The van der Waals surface area contributed by atoms with Crippen molar-refractivity contribution in [3.8, 4) is 11.1 Å². The molecule has 1 aliphatic rings. The summed E-state index contributed by atoms with van der Waals surface area (Å²) < 4.78 is 27.9. The van der Waals surface area contributed by atoms with E-state index in [-0.39, 0.29) is 16.9 Å². The van der Waals surface area contributed by atoms with Crippen molar-refractivity contribution < 1.29 is 18.3 Å². The molecule has 10 heteroatoms. The van der Waals surface area contributed by atoms with Crippen molar-refractivity contribution in [3.63, 3.8) is 0 Å². The average Bonchev–Trinajstić information content (AvgIpc) is 3.47. The molecule has 0 spiro atoms. The van der Waals surface area contributed by atoms with E-state index in [0.29, 0.717) is 30.6 Å². The van der Waals surface area contributed by atoms with Gasteiger partial charge < -0.3 is 19.4 Å². The number of morpholine rings is 1. The highest BCUT2D eigenvalue weighted by atomic mass is 19.1. The number of hydrogen-bond acceptors (Lipinski definition) is 7. The lowest BCUT2D eigenvalue weighted by Gasteiger charge is -2.29. The first-order valence-electron chi connectivity index (χ1n) is 11.9. The van der Waals surface area contributed by atoms with Crippen LogP contribution < -0.4 is 10.2 Å². The van der Waals surface area contributed by atoms with Crippen LogP contribution in [0.2, 0.25) is 0 Å². The minimum Gasteiger partial charge on any atom is -0.435 e. The first-order chi connectivity index (χ1) is 17.1. The van der Waals surface area contributed by atoms with Gasteiger partial charge in [-0.2, -0.15) is 4.52 Å². The Kier molecular flexibility index (Phi) is 5.99. The largest absolute Gasteiger partial charge is 0.435 e. The van der Waals surface area contributed by atoms with E-state index in [4.69, 9.17) is 9.15 Å². The number of aryl methyl sites for hydroxylation is 2. The number of rotatable bonds is 4. The number of pyridine rings is 1. The molecule has 1 fully saturated rings. The van der Waals surface area contributed by atoms with E-state index in [2.05, 4.69) is 25.3 Å². The van der Waals surface area contributed by atoms with Crippen molar-refractivity contribution in [2.24, 2.45) is 0 Å². The summed E-state index contributed by atoms with van der Waals surface area (Å²) in [6, 6.07) is 6.99. The minimum atomic E-state index is -0.566. The molecular weight excluding hydrogens is 463 g/mol. The summed E-state index contributed by atoms with van der Waals surface area (Å²) in [7, 11) is 0. The first kappa shape index (κ1) is 23.9. The van der Waals surface area contributed by atoms with Crippen LogP contribution >= 0.6 is 0 Å². The Balaban J connectivity index is 1.53. The summed E-state index contributed by atoms with van der Waals surface area (Å²) in [5.41, 5.74) is 2.75. The Morgan fingerprint density at radius 1 is 1.11 bits per heavy atom. The van der Waals surface area contributed by atoms with Crippen LogP contribution in [0, 0.1) is 19.7 Å². The van der Waals surface area contributed by atoms with Crippen molar-refractivity contribution in [2.75, 3.05) is 36.5 Å². The average molecular weight is 493 g/mol. The molecule has 36 heavy (non-hydrogen) atoms. The van der Waals surface area contributed by atoms with Crippen molar-refractivity contribution >= 4 is 23.1 Å². The number of carbonyl (C=O) groups excluding carboxylic acids is 1. The highest BCUT2D eigenvalue weighted by Crippen LogP contribution is 2.33. The summed E-state index contributed by atoms with van der Waals surface area (Å²) in [4.78, 5) is 23.8. The van der Waals surface area contributed by atoms with Crippen molar-refractivity contribution in [3.05, 3.63) is 59.3 Å². The normalized spacial score (nSPS) is 14.4. The fraction of sp³-hybridized carbons (Fsp3) is 0.385. The van der Waals surface area contributed by atoms with E-state index in [0.717, 1.165) is 35.6 Å². The topological polar surface area (TPSA) is 97.8 Å². The quantitative estimate of drug-likeness (QED) is 0.447. The van der Waals surface area contributed by atoms with Gasteiger partial charge in [-0.05, 0) is 54.8 Å². The zero-order valence-corrected chi connectivity index (χ0v) is 21.1. The standard InChI is InChI=1S/C26H29FN6O3/c1-15-10-19(27)20(30-24(34)21-14-28-25(36-21)26(3,4)5)13-18(15)17-11-22-29-16(2)31-33(22)23(12-17)32-6-8-35-9-7-32/h10-14H,6-9H2,1-5H3,(H,30,34). The Bertz CT molecular complexity index is 1450. The van der Waals surface area contributed by atoms with Gasteiger partial charge in [0.1, 0.15) is 17.5 Å². The summed E-state index contributed by atoms with van der Waals surface area (Å²) in [5, 5.41) is 7.20. The molecule has 1 aliphatic heterocycles. The summed E-state index contributed by atoms with van der Waals surface area (Å²) in [6.45, 7) is 12.2. The third-order valence-electron chi connectivity index (χ3n) is 6.10. The Morgan fingerprint density at radius 3 is 2.56 bits per heavy atom. The molecule has 0 aliphatic carbocycles. The van der Waals surface area contributed by atoms with Crippen LogP contribution in [0.1, 0.15) is 48.6 Å². The van der Waals surface area contributed by atoms with Crippen LogP contribution in [0.5, 0.6) is 0 Å². The molecule has 188 valence electrons. The molecule has 0 radical (unpaired) electrons. The number of benzene rings is 1. The van der Waals surface area contributed by atoms with E-state index in [1.165, 1.54) is 12.3 Å².